The maximum atomic E-state index is 11.8. The Morgan fingerprint density at radius 3 is 2.69 bits per heavy atom. The molecule has 7 heteroatoms. The number of hydrogen-bond acceptors (Lipinski definition) is 5. The van der Waals surface area contributed by atoms with Gasteiger partial charge in [-0.1, -0.05) is 30.3 Å². The Morgan fingerprint density at radius 2 is 1.85 bits per heavy atom. The summed E-state index contributed by atoms with van der Waals surface area (Å²) >= 11 is 0. The molecule has 0 fully saturated rings. The first-order chi connectivity index (χ1) is 12.7. The average molecular weight is 353 g/mol. The molecule has 0 aliphatic carbocycles. The van der Waals surface area contributed by atoms with Crippen molar-refractivity contribution in [1.82, 2.24) is 10.7 Å². The Kier molecular flexibility index (Phi) is 5.82. The number of hydrogen-bond donors (Lipinski definition) is 2. The van der Waals surface area contributed by atoms with Crippen LogP contribution in [0.15, 0.2) is 53.6 Å². The molecular formula is C19H19N3O4. The molecular weight excluding hydrogens is 334 g/mol. The zero-order chi connectivity index (χ0) is 18.2. The molecule has 0 bridgehead atoms. The van der Waals surface area contributed by atoms with Crippen LogP contribution in [-0.2, 0) is 16.0 Å². The first-order valence-corrected chi connectivity index (χ1v) is 8.23. The van der Waals surface area contributed by atoms with Gasteiger partial charge < -0.3 is 14.8 Å². The molecule has 0 unspecified atom stereocenters. The van der Waals surface area contributed by atoms with E-state index < -0.39 is 5.91 Å². The molecule has 0 saturated heterocycles. The van der Waals surface area contributed by atoms with E-state index in [1.165, 1.54) is 6.21 Å². The largest absolute Gasteiger partial charge is 0.454 e. The summed E-state index contributed by atoms with van der Waals surface area (Å²) in [5, 5.41) is 6.44. The summed E-state index contributed by atoms with van der Waals surface area (Å²) < 4.78 is 10.5. The highest BCUT2D eigenvalue weighted by Gasteiger charge is 2.12. The molecule has 2 amide bonds. The van der Waals surface area contributed by atoms with Crippen LogP contribution in [0.5, 0.6) is 11.5 Å². The smallest absolute Gasteiger partial charge is 0.259 e. The van der Waals surface area contributed by atoms with E-state index in [2.05, 4.69) is 15.8 Å². The molecule has 0 aromatic heterocycles. The average Bonchev–Trinajstić information content (AvgIpc) is 3.13. The number of carbonyl (C=O) groups excluding carboxylic acids is 2. The van der Waals surface area contributed by atoms with Crippen molar-refractivity contribution in [2.24, 2.45) is 5.10 Å². The minimum Gasteiger partial charge on any atom is -0.454 e. The topological polar surface area (TPSA) is 89.0 Å². The van der Waals surface area contributed by atoms with Gasteiger partial charge in [-0.2, -0.15) is 5.10 Å². The van der Waals surface area contributed by atoms with Gasteiger partial charge in [-0.05, 0) is 35.7 Å². The number of nitrogens with one attached hydrogen (secondary N) is 2. The monoisotopic (exact) mass is 353 g/mol. The molecule has 0 saturated carbocycles. The number of hydrazone groups is 1. The standard InChI is InChI=1S/C19H19N3O4/c23-18(9-7-14-4-2-1-3-5-14)20-12-19(24)22-21-11-15-6-8-16-17(10-15)26-13-25-16/h1-6,8,10-11H,7,9,12-13H2,(H,20,23)(H,22,24). The molecule has 26 heavy (non-hydrogen) atoms. The van der Waals surface area contributed by atoms with Gasteiger partial charge >= 0.3 is 0 Å². The summed E-state index contributed by atoms with van der Waals surface area (Å²) in [5.74, 6) is 0.758. The second-order valence-electron chi connectivity index (χ2n) is 5.67. The van der Waals surface area contributed by atoms with E-state index in [9.17, 15) is 9.59 Å². The number of amides is 2. The van der Waals surface area contributed by atoms with E-state index in [0.29, 0.717) is 24.3 Å². The maximum absolute atomic E-state index is 11.8. The molecule has 2 aromatic carbocycles. The van der Waals surface area contributed by atoms with E-state index >= 15 is 0 Å². The summed E-state index contributed by atoms with van der Waals surface area (Å²) in [5.41, 5.74) is 4.22. The minimum atomic E-state index is -0.393. The lowest BCUT2D eigenvalue weighted by Gasteiger charge is -2.04. The Bertz CT molecular complexity index is 806. The van der Waals surface area contributed by atoms with Crippen molar-refractivity contribution in [2.45, 2.75) is 12.8 Å². The van der Waals surface area contributed by atoms with Gasteiger partial charge in [-0.15, -0.1) is 0 Å². The molecule has 3 rings (SSSR count). The number of benzene rings is 2. The van der Waals surface area contributed by atoms with Gasteiger partial charge in [0.05, 0.1) is 12.8 Å². The van der Waals surface area contributed by atoms with Gasteiger partial charge in [0.1, 0.15) is 0 Å². The fraction of sp³-hybridized carbons (Fsp3) is 0.211. The summed E-state index contributed by atoms with van der Waals surface area (Å²) in [6.07, 6.45) is 2.46. The second kappa shape index (κ2) is 8.66. The predicted molar refractivity (Wildman–Crippen MR) is 96.1 cm³/mol. The van der Waals surface area contributed by atoms with Crippen LogP contribution in [0.1, 0.15) is 17.5 Å². The quantitative estimate of drug-likeness (QED) is 0.585. The third-order valence-corrected chi connectivity index (χ3v) is 3.73. The van der Waals surface area contributed by atoms with Crippen LogP contribution in [0, 0.1) is 0 Å². The summed E-state index contributed by atoms with van der Waals surface area (Å²) in [4.78, 5) is 23.5. The molecule has 134 valence electrons. The highest BCUT2D eigenvalue weighted by molar-refractivity contribution is 5.86. The Labute approximate surface area is 151 Å². The van der Waals surface area contributed by atoms with Crippen molar-refractivity contribution in [3.8, 4) is 11.5 Å². The van der Waals surface area contributed by atoms with Gasteiger partial charge in [0.2, 0.25) is 12.7 Å². The molecule has 1 aliphatic heterocycles. The number of rotatable bonds is 7. The number of fused-ring (bicyclic) bond motifs is 1. The van der Waals surface area contributed by atoms with Crippen molar-refractivity contribution >= 4 is 18.0 Å². The molecule has 0 spiro atoms. The Morgan fingerprint density at radius 1 is 1.04 bits per heavy atom. The number of nitrogens with zero attached hydrogens (tertiary/aromatic N) is 1. The fourth-order valence-electron chi connectivity index (χ4n) is 2.38. The van der Waals surface area contributed by atoms with Crippen LogP contribution in [-0.4, -0.2) is 31.4 Å². The normalized spacial score (nSPS) is 12.2. The Balaban J connectivity index is 1.36. The van der Waals surface area contributed by atoms with Crippen LogP contribution >= 0.6 is 0 Å². The highest BCUT2D eigenvalue weighted by atomic mass is 16.7. The molecule has 7 nitrogen and oxygen atoms in total. The maximum Gasteiger partial charge on any atom is 0.259 e. The van der Waals surface area contributed by atoms with E-state index in [4.69, 9.17) is 9.47 Å². The molecule has 0 atom stereocenters. The second-order valence-corrected chi connectivity index (χ2v) is 5.67. The first kappa shape index (κ1) is 17.5. The summed E-state index contributed by atoms with van der Waals surface area (Å²) in [6.45, 7) is 0.0860. The van der Waals surface area contributed by atoms with Crippen LogP contribution in [0.2, 0.25) is 0 Å². The SMILES string of the molecule is O=C(CCc1ccccc1)NCC(=O)NN=Cc1ccc2c(c1)OCO2. The first-order valence-electron chi connectivity index (χ1n) is 8.23. The van der Waals surface area contributed by atoms with Gasteiger partial charge in [0.25, 0.3) is 5.91 Å². The molecule has 0 radical (unpaired) electrons. The predicted octanol–water partition coefficient (Wildman–Crippen LogP) is 1.61. The third kappa shape index (κ3) is 5.07. The number of ether oxygens (including phenoxy) is 2. The van der Waals surface area contributed by atoms with Crippen molar-refractivity contribution in [1.29, 1.82) is 0 Å². The highest BCUT2D eigenvalue weighted by Crippen LogP contribution is 2.31. The Hall–Kier alpha value is -3.35. The van der Waals surface area contributed by atoms with E-state index in [1.54, 1.807) is 18.2 Å². The van der Waals surface area contributed by atoms with Crippen LogP contribution < -0.4 is 20.2 Å². The van der Waals surface area contributed by atoms with E-state index in [0.717, 1.165) is 11.1 Å². The van der Waals surface area contributed by atoms with Gasteiger partial charge in [-0.3, -0.25) is 9.59 Å². The summed E-state index contributed by atoms with van der Waals surface area (Å²) in [6, 6.07) is 15.1. The van der Waals surface area contributed by atoms with Crippen molar-refractivity contribution < 1.29 is 19.1 Å². The lowest BCUT2D eigenvalue weighted by atomic mass is 10.1. The van der Waals surface area contributed by atoms with Gasteiger partial charge in [0.15, 0.2) is 11.5 Å². The van der Waals surface area contributed by atoms with Gasteiger partial charge in [-0.25, -0.2) is 5.43 Å². The molecule has 2 N–H and O–H groups in total. The van der Waals surface area contributed by atoms with E-state index in [1.807, 2.05) is 30.3 Å². The number of carbonyl (C=O) groups is 2. The van der Waals surface area contributed by atoms with Crippen molar-refractivity contribution in [3.63, 3.8) is 0 Å². The fourth-order valence-corrected chi connectivity index (χ4v) is 2.38. The minimum absolute atomic E-state index is 0.119. The third-order valence-electron chi connectivity index (χ3n) is 3.73. The zero-order valence-corrected chi connectivity index (χ0v) is 14.1. The van der Waals surface area contributed by atoms with Crippen molar-refractivity contribution in [2.75, 3.05) is 13.3 Å². The summed E-state index contributed by atoms with van der Waals surface area (Å²) in [7, 11) is 0. The van der Waals surface area contributed by atoms with E-state index in [-0.39, 0.29) is 19.2 Å². The number of aryl methyl sites for hydroxylation is 1. The molecule has 1 aliphatic rings. The lowest BCUT2D eigenvalue weighted by Crippen LogP contribution is -2.35. The zero-order valence-electron chi connectivity index (χ0n) is 14.1. The molecule has 1 heterocycles. The van der Waals surface area contributed by atoms with Crippen LogP contribution in [0.3, 0.4) is 0 Å². The van der Waals surface area contributed by atoms with Crippen LogP contribution in [0.4, 0.5) is 0 Å². The lowest BCUT2D eigenvalue weighted by molar-refractivity contribution is -0.126. The van der Waals surface area contributed by atoms with Gasteiger partial charge in [0, 0.05) is 6.42 Å². The van der Waals surface area contributed by atoms with Crippen LogP contribution in [0.25, 0.3) is 0 Å². The van der Waals surface area contributed by atoms with Crippen molar-refractivity contribution in [3.05, 3.63) is 59.7 Å². The molecule has 2 aromatic rings.